The molecule has 0 radical (unpaired) electrons. The lowest BCUT2D eigenvalue weighted by atomic mass is 10.1. The van der Waals surface area contributed by atoms with Crippen LogP contribution >= 0.6 is 0 Å². The van der Waals surface area contributed by atoms with Crippen molar-refractivity contribution < 1.29 is 9.21 Å². The molecule has 0 saturated carbocycles. The number of rotatable bonds is 4. The van der Waals surface area contributed by atoms with Crippen LogP contribution in [0, 0.1) is 0 Å². The second-order valence-electron chi connectivity index (χ2n) is 6.70. The van der Waals surface area contributed by atoms with Crippen molar-refractivity contribution in [3.63, 3.8) is 0 Å². The Morgan fingerprint density at radius 3 is 2.84 bits per heavy atom. The van der Waals surface area contributed by atoms with E-state index in [1.165, 1.54) is 19.3 Å². The molecule has 25 heavy (non-hydrogen) atoms. The Bertz CT molecular complexity index is 713. The van der Waals surface area contributed by atoms with E-state index in [1.54, 1.807) is 18.6 Å². The van der Waals surface area contributed by atoms with E-state index in [9.17, 15) is 4.79 Å². The number of carbonyl (C=O) groups excluding carboxylic acids is 1. The van der Waals surface area contributed by atoms with Crippen molar-refractivity contribution in [1.29, 1.82) is 0 Å². The van der Waals surface area contributed by atoms with Gasteiger partial charge >= 0.3 is 0 Å². The third-order valence-electron chi connectivity index (χ3n) is 4.92. The van der Waals surface area contributed by atoms with Crippen molar-refractivity contribution in [2.45, 2.75) is 31.6 Å². The van der Waals surface area contributed by atoms with Crippen LogP contribution in [0.4, 0.5) is 0 Å². The average molecular weight is 342 g/mol. The van der Waals surface area contributed by atoms with Gasteiger partial charge in [-0.15, -0.1) is 10.2 Å². The van der Waals surface area contributed by atoms with Gasteiger partial charge in [0.25, 0.3) is 5.89 Å². The van der Waals surface area contributed by atoms with Crippen LogP contribution in [0.3, 0.4) is 0 Å². The van der Waals surface area contributed by atoms with Gasteiger partial charge in [0.05, 0.1) is 18.7 Å². The second kappa shape index (κ2) is 7.26. The van der Waals surface area contributed by atoms with Crippen LogP contribution in [0.2, 0.25) is 0 Å². The highest BCUT2D eigenvalue weighted by molar-refractivity contribution is 5.78. The van der Waals surface area contributed by atoms with Gasteiger partial charge in [0.1, 0.15) is 5.69 Å². The molecule has 0 bridgehead atoms. The molecule has 0 aliphatic carbocycles. The molecule has 4 heterocycles. The molecule has 2 aliphatic heterocycles. The topological polar surface area (TPSA) is 88.3 Å². The molecular formula is C17H22N6O2. The third kappa shape index (κ3) is 3.68. The summed E-state index contributed by atoms with van der Waals surface area (Å²) >= 11 is 0. The normalized spacial score (nSPS) is 21.6. The number of carbonyl (C=O) groups is 1. The molecule has 8 heteroatoms. The molecular weight excluding hydrogens is 320 g/mol. The number of amides is 1. The first-order chi connectivity index (χ1) is 12.3. The molecule has 0 N–H and O–H groups in total. The van der Waals surface area contributed by atoms with E-state index in [0.717, 1.165) is 26.1 Å². The Kier molecular flexibility index (Phi) is 4.69. The number of piperidine rings is 1. The van der Waals surface area contributed by atoms with Crippen molar-refractivity contribution >= 4 is 5.91 Å². The number of aromatic nitrogens is 4. The zero-order valence-electron chi connectivity index (χ0n) is 14.2. The smallest absolute Gasteiger partial charge is 0.267 e. The molecule has 2 aromatic heterocycles. The minimum atomic E-state index is 0.100. The summed E-state index contributed by atoms with van der Waals surface area (Å²) in [5, 5.41) is 8.21. The Morgan fingerprint density at radius 1 is 1.16 bits per heavy atom. The van der Waals surface area contributed by atoms with Gasteiger partial charge in [-0.1, -0.05) is 6.42 Å². The summed E-state index contributed by atoms with van der Waals surface area (Å²) < 4.78 is 5.76. The highest BCUT2D eigenvalue weighted by Gasteiger charge is 2.31. The SMILES string of the molecule is O=C(CN1CCCCC1)N1CCC(c2nnc(-c3cnccn3)o2)C1. The van der Waals surface area contributed by atoms with Gasteiger partial charge in [-0.2, -0.15) is 0 Å². The Labute approximate surface area is 146 Å². The summed E-state index contributed by atoms with van der Waals surface area (Å²) in [6, 6.07) is 0. The number of hydrogen-bond donors (Lipinski definition) is 0. The van der Waals surface area contributed by atoms with Crippen molar-refractivity contribution in [2.24, 2.45) is 0 Å². The molecule has 2 aliphatic rings. The molecule has 4 rings (SSSR count). The van der Waals surface area contributed by atoms with Gasteiger partial charge < -0.3 is 9.32 Å². The zero-order valence-corrected chi connectivity index (χ0v) is 14.2. The van der Waals surface area contributed by atoms with E-state index >= 15 is 0 Å². The van der Waals surface area contributed by atoms with Gasteiger partial charge in [0.15, 0.2) is 0 Å². The first kappa shape index (κ1) is 16.1. The fourth-order valence-corrected chi connectivity index (χ4v) is 3.51. The van der Waals surface area contributed by atoms with E-state index in [2.05, 4.69) is 25.1 Å². The average Bonchev–Trinajstić information content (AvgIpc) is 3.33. The first-order valence-electron chi connectivity index (χ1n) is 8.89. The molecule has 2 fully saturated rings. The molecule has 0 aromatic carbocycles. The summed E-state index contributed by atoms with van der Waals surface area (Å²) in [4.78, 5) is 24.9. The Balaban J connectivity index is 1.36. The lowest BCUT2D eigenvalue weighted by Crippen LogP contribution is -2.41. The fourth-order valence-electron chi connectivity index (χ4n) is 3.51. The predicted molar refractivity (Wildman–Crippen MR) is 89.6 cm³/mol. The van der Waals surface area contributed by atoms with Gasteiger partial charge in [0.2, 0.25) is 11.8 Å². The molecule has 1 amide bonds. The molecule has 2 aromatic rings. The van der Waals surface area contributed by atoms with Crippen LogP contribution in [0.15, 0.2) is 23.0 Å². The zero-order chi connectivity index (χ0) is 17.1. The van der Waals surface area contributed by atoms with E-state index in [0.29, 0.717) is 30.6 Å². The van der Waals surface area contributed by atoms with Crippen LogP contribution in [0.1, 0.15) is 37.5 Å². The molecule has 2 saturated heterocycles. The third-order valence-corrected chi connectivity index (χ3v) is 4.92. The quantitative estimate of drug-likeness (QED) is 0.828. The molecule has 0 spiro atoms. The maximum absolute atomic E-state index is 12.5. The van der Waals surface area contributed by atoms with Gasteiger partial charge in [0, 0.05) is 25.5 Å². The van der Waals surface area contributed by atoms with Crippen molar-refractivity contribution in [1.82, 2.24) is 30.0 Å². The van der Waals surface area contributed by atoms with Crippen LogP contribution in [0.25, 0.3) is 11.6 Å². The molecule has 132 valence electrons. The fraction of sp³-hybridized carbons (Fsp3) is 0.588. The number of likely N-dealkylation sites (tertiary alicyclic amines) is 2. The van der Waals surface area contributed by atoms with Crippen LogP contribution in [-0.2, 0) is 4.79 Å². The highest BCUT2D eigenvalue weighted by atomic mass is 16.4. The van der Waals surface area contributed by atoms with E-state index in [4.69, 9.17) is 4.42 Å². The van der Waals surface area contributed by atoms with Gasteiger partial charge in [-0.25, -0.2) is 4.98 Å². The van der Waals surface area contributed by atoms with Gasteiger partial charge in [-0.3, -0.25) is 14.7 Å². The van der Waals surface area contributed by atoms with Crippen LogP contribution in [0.5, 0.6) is 0 Å². The minimum Gasteiger partial charge on any atom is -0.419 e. The van der Waals surface area contributed by atoms with E-state index in [1.807, 2.05) is 4.90 Å². The lowest BCUT2D eigenvalue weighted by Gasteiger charge is -2.27. The van der Waals surface area contributed by atoms with Crippen molar-refractivity contribution in [2.75, 3.05) is 32.7 Å². The molecule has 1 atom stereocenters. The summed E-state index contributed by atoms with van der Waals surface area (Å²) in [5.74, 6) is 1.26. The Hall–Kier alpha value is -2.35. The van der Waals surface area contributed by atoms with Crippen LogP contribution < -0.4 is 0 Å². The summed E-state index contributed by atoms with van der Waals surface area (Å²) in [6.07, 6.45) is 9.32. The minimum absolute atomic E-state index is 0.100. The van der Waals surface area contributed by atoms with Crippen molar-refractivity contribution in [3.8, 4) is 11.6 Å². The second-order valence-corrected chi connectivity index (χ2v) is 6.70. The standard InChI is InChI=1S/C17H22N6O2/c24-15(12-22-7-2-1-3-8-22)23-9-4-13(11-23)16-20-21-17(25-16)14-10-18-5-6-19-14/h5-6,10,13H,1-4,7-9,11-12H2. The first-order valence-corrected chi connectivity index (χ1v) is 8.89. The number of hydrogen-bond acceptors (Lipinski definition) is 7. The summed E-state index contributed by atoms with van der Waals surface area (Å²) in [6.45, 7) is 4.00. The maximum atomic E-state index is 12.5. The van der Waals surface area contributed by atoms with Gasteiger partial charge in [-0.05, 0) is 32.4 Å². The Morgan fingerprint density at radius 2 is 2.04 bits per heavy atom. The van der Waals surface area contributed by atoms with E-state index < -0.39 is 0 Å². The summed E-state index contributed by atoms with van der Waals surface area (Å²) in [7, 11) is 0. The predicted octanol–water partition coefficient (Wildman–Crippen LogP) is 1.33. The number of nitrogens with zero attached hydrogens (tertiary/aromatic N) is 6. The highest BCUT2D eigenvalue weighted by Crippen LogP contribution is 2.28. The van der Waals surface area contributed by atoms with Crippen molar-refractivity contribution in [3.05, 3.63) is 24.5 Å². The molecule has 1 unspecified atom stereocenters. The largest absolute Gasteiger partial charge is 0.419 e. The van der Waals surface area contributed by atoms with Crippen LogP contribution in [-0.4, -0.2) is 68.6 Å². The summed E-state index contributed by atoms with van der Waals surface area (Å²) in [5.41, 5.74) is 0.567. The lowest BCUT2D eigenvalue weighted by molar-refractivity contribution is -0.131. The van der Waals surface area contributed by atoms with E-state index in [-0.39, 0.29) is 11.8 Å². The monoisotopic (exact) mass is 342 g/mol. The molecule has 8 nitrogen and oxygen atoms in total. The maximum Gasteiger partial charge on any atom is 0.267 e.